The zero-order valence-corrected chi connectivity index (χ0v) is 6.48. The van der Waals surface area contributed by atoms with Gasteiger partial charge in [-0.2, -0.15) is 0 Å². The Morgan fingerprint density at radius 3 is 1.27 bits per heavy atom. The molecule has 0 saturated heterocycles. The van der Waals surface area contributed by atoms with Crippen molar-refractivity contribution in [2.45, 2.75) is 6.42 Å². The molecule has 0 aromatic heterocycles. The second-order valence-corrected chi connectivity index (χ2v) is 2.25. The molecule has 0 N–H and O–H groups in total. The van der Waals surface area contributed by atoms with E-state index < -0.39 is 0 Å². The molecule has 11 heavy (non-hydrogen) atoms. The van der Waals surface area contributed by atoms with E-state index in [2.05, 4.69) is 24.3 Å². The van der Waals surface area contributed by atoms with Crippen molar-refractivity contribution in [3.8, 4) is 0 Å². The van der Waals surface area contributed by atoms with Crippen LogP contribution >= 0.6 is 0 Å². The number of hydrogen-bond donors (Lipinski definition) is 0. The van der Waals surface area contributed by atoms with Crippen molar-refractivity contribution in [3.63, 3.8) is 0 Å². The molecule has 0 unspecified atom stereocenters. The zero-order valence-electron chi connectivity index (χ0n) is 6.48. The second kappa shape index (κ2) is 5.48. The van der Waals surface area contributed by atoms with Crippen LogP contribution in [0.5, 0.6) is 0 Å². The highest BCUT2D eigenvalue weighted by atomic mass is 13.8. The molecule has 0 aliphatic heterocycles. The fraction of sp³-hybridized carbons (Fsp3) is 0.0909. The molecule has 1 aliphatic rings. The molecule has 0 bridgehead atoms. The van der Waals surface area contributed by atoms with Crippen molar-refractivity contribution in [1.82, 2.24) is 0 Å². The van der Waals surface area contributed by atoms with Crippen LogP contribution in [0.25, 0.3) is 0 Å². The van der Waals surface area contributed by atoms with Crippen LogP contribution in [0.2, 0.25) is 0 Å². The Morgan fingerprint density at radius 1 is 0.455 bits per heavy atom. The largest absolute Gasteiger partial charge is 0.0807 e. The lowest BCUT2D eigenvalue weighted by atomic mass is 10.3. The van der Waals surface area contributed by atoms with Gasteiger partial charge in [0.25, 0.3) is 0 Å². The van der Waals surface area contributed by atoms with Gasteiger partial charge in [0.2, 0.25) is 0 Å². The molecule has 1 rings (SSSR count). The molecule has 0 heterocycles. The topological polar surface area (TPSA) is 0 Å². The molecule has 0 fully saturated rings. The smallest absolute Gasteiger partial charge is 0.0163 e. The van der Waals surface area contributed by atoms with Gasteiger partial charge in [0.15, 0.2) is 0 Å². The number of allylic oxidation sites excluding steroid dienone is 10. The van der Waals surface area contributed by atoms with Crippen molar-refractivity contribution in [1.29, 1.82) is 0 Å². The Labute approximate surface area is 67.9 Å². The van der Waals surface area contributed by atoms with Gasteiger partial charge in [-0.25, -0.2) is 0 Å². The van der Waals surface area contributed by atoms with Crippen LogP contribution in [0.1, 0.15) is 6.42 Å². The van der Waals surface area contributed by atoms with E-state index in [9.17, 15) is 0 Å². The van der Waals surface area contributed by atoms with E-state index in [0.717, 1.165) is 6.42 Å². The molecule has 0 aromatic rings. The summed E-state index contributed by atoms with van der Waals surface area (Å²) < 4.78 is 0. The molecular formula is C11H12. The summed E-state index contributed by atoms with van der Waals surface area (Å²) in [7, 11) is 0. The Kier molecular flexibility index (Phi) is 3.89. The molecule has 0 radical (unpaired) electrons. The predicted octanol–water partition coefficient (Wildman–Crippen LogP) is 3.17. The van der Waals surface area contributed by atoms with Crippen molar-refractivity contribution in [2.75, 3.05) is 0 Å². The molecule has 0 saturated carbocycles. The summed E-state index contributed by atoms with van der Waals surface area (Å²) in [6.07, 6.45) is 21.5. The summed E-state index contributed by atoms with van der Waals surface area (Å²) >= 11 is 0. The van der Waals surface area contributed by atoms with Crippen LogP contribution < -0.4 is 0 Å². The van der Waals surface area contributed by atoms with Crippen LogP contribution in [0, 0.1) is 0 Å². The molecule has 0 aromatic carbocycles. The van der Waals surface area contributed by atoms with Gasteiger partial charge in [0.05, 0.1) is 0 Å². The van der Waals surface area contributed by atoms with Gasteiger partial charge in [-0.15, -0.1) is 0 Å². The lowest BCUT2D eigenvalue weighted by Crippen LogP contribution is -1.55. The normalized spacial score (nSPS) is 25.5. The van der Waals surface area contributed by atoms with E-state index in [1.807, 2.05) is 36.5 Å². The molecule has 0 heteroatoms. The minimum absolute atomic E-state index is 1.01. The summed E-state index contributed by atoms with van der Waals surface area (Å²) in [5.74, 6) is 0. The minimum atomic E-state index is 1.01. The first kappa shape index (κ1) is 7.80. The Bertz CT molecular complexity index is 200. The summed E-state index contributed by atoms with van der Waals surface area (Å²) in [4.78, 5) is 0. The van der Waals surface area contributed by atoms with Crippen LogP contribution in [-0.2, 0) is 0 Å². The number of rotatable bonds is 0. The standard InChI is InChI=1S/C11H12/c1-2-4-6-8-10-11-9-7-5-3-1/h1-10H,11H2/b2-1+,5-3-,6-4?,9-7-,10-8?. The average molecular weight is 144 g/mol. The SMILES string of the molecule is C1=C/C=C/C=C\C=C/CC=C1. The van der Waals surface area contributed by atoms with Crippen molar-refractivity contribution < 1.29 is 0 Å². The van der Waals surface area contributed by atoms with Gasteiger partial charge in [-0.3, -0.25) is 0 Å². The molecule has 0 spiro atoms. The van der Waals surface area contributed by atoms with Crippen molar-refractivity contribution in [2.24, 2.45) is 0 Å². The van der Waals surface area contributed by atoms with Crippen LogP contribution in [0.4, 0.5) is 0 Å². The van der Waals surface area contributed by atoms with Crippen molar-refractivity contribution in [3.05, 3.63) is 60.8 Å². The van der Waals surface area contributed by atoms with Crippen LogP contribution in [0.3, 0.4) is 0 Å². The van der Waals surface area contributed by atoms with Crippen LogP contribution in [-0.4, -0.2) is 0 Å². The highest BCUT2D eigenvalue weighted by Gasteiger charge is 1.69. The molecule has 0 nitrogen and oxygen atoms in total. The first-order valence-electron chi connectivity index (χ1n) is 3.82. The highest BCUT2D eigenvalue weighted by Crippen LogP contribution is 1.90. The lowest BCUT2D eigenvalue weighted by molar-refractivity contribution is 1.39. The van der Waals surface area contributed by atoms with Gasteiger partial charge < -0.3 is 0 Å². The van der Waals surface area contributed by atoms with Crippen molar-refractivity contribution >= 4 is 0 Å². The summed E-state index contributed by atoms with van der Waals surface area (Å²) in [5, 5.41) is 0. The summed E-state index contributed by atoms with van der Waals surface area (Å²) in [6.45, 7) is 0. The van der Waals surface area contributed by atoms with Crippen LogP contribution in [0.15, 0.2) is 60.8 Å². The third-order valence-corrected chi connectivity index (χ3v) is 1.32. The summed E-state index contributed by atoms with van der Waals surface area (Å²) in [6, 6.07) is 0. The van der Waals surface area contributed by atoms with Gasteiger partial charge in [0.1, 0.15) is 0 Å². The van der Waals surface area contributed by atoms with E-state index in [-0.39, 0.29) is 0 Å². The monoisotopic (exact) mass is 144 g/mol. The maximum absolute atomic E-state index is 2.12. The fourth-order valence-electron chi connectivity index (χ4n) is 0.778. The minimum Gasteiger partial charge on any atom is -0.0807 e. The summed E-state index contributed by atoms with van der Waals surface area (Å²) in [5.41, 5.74) is 0. The molecule has 1 aliphatic carbocycles. The first-order chi connectivity index (χ1) is 5.50. The fourth-order valence-corrected chi connectivity index (χ4v) is 0.778. The molecule has 56 valence electrons. The highest BCUT2D eigenvalue weighted by molar-refractivity contribution is 5.19. The average Bonchev–Trinajstić information content (AvgIpc) is 2.08. The van der Waals surface area contributed by atoms with Gasteiger partial charge >= 0.3 is 0 Å². The van der Waals surface area contributed by atoms with E-state index in [4.69, 9.17) is 0 Å². The molecule has 0 amide bonds. The van der Waals surface area contributed by atoms with E-state index >= 15 is 0 Å². The third kappa shape index (κ3) is 4.15. The Morgan fingerprint density at radius 2 is 0.818 bits per heavy atom. The lowest BCUT2D eigenvalue weighted by Gasteiger charge is -1.76. The Hall–Kier alpha value is -1.30. The predicted molar refractivity (Wildman–Crippen MR) is 50.3 cm³/mol. The van der Waals surface area contributed by atoms with Gasteiger partial charge in [-0.1, -0.05) is 60.8 Å². The van der Waals surface area contributed by atoms with Gasteiger partial charge in [0, 0.05) is 0 Å². The first-order valence-corrected chi connectivity index (χ1v) is 3.82. The molecular weight excluding hydrogens is 132 g/mol. The van der Waals surface area contributed by atoms with E-state index in [1.165, 1.54) is 0 Å². The Balaban J connectivity index is 2.61. The third-order valence-electron chi connectivity index (χ3n) is 1.32. The maximum atomic E-state index is 2.12. The second-order valence-electron chi connectivity index (χ2n) is 2.25. The zero-order chi connectivity index (χ0) is 7.78. The quantitative estimate of drug-likeness (QED) is 0.490. The van der Waals surface area contributed by atoms with E-state index in [0.29, 0.717) is 0 Å². The maximum Gasteiger partial charge on any atom is -0.0163 e. The van der Waals surface area contributed by atoms with E-state index in [1.54, 1.807) is 0 Å². The van der Waals surface area contributed by atoms with Gasteiger partial charge in [-0.05, 0) is 6.42 Å². The number of hydrogen-bond acceptors (Lipinski definition) is 0. The molecule has 0 atom stereocenters.